The summed E-state index contributed by atoms with van der Waals surface area (Å²) in [7, 11) is -1.60. The molecule has 0 bridgehead atoms. The number of hydrogen-bond donors (Lipinski definition) is 0. The van der Waals surface area contributed by atoms with Gasteiger partial charge in [-0.3, -0.25) is 0 Å². The standard InChI is InChI=1S/C24BF20.C21H48PSi/c26-5-1(6(27)14(35)21(42)13(5)34)25(2-7(28)15(36)22(43)16(37)8(2)29,3-9(30)17(38)23(44)18(39)10(3)31)4-11(32)19(40)24(45)20(41)12(4)33;1-16(2)23(17(3)4,18(5)6)22(19(7,8)9,20(10,11)12)21(13,14)15/h;16-18H,1-15H3/q-1;+1. The number of benzene rings is 4. The Labute approximate surface area is 382 Å². The molecule has 23 heteroatoms. The van der Waals surface area contributed by atoms with Gasteiger partial charge in [0.25, 0.3) is 0 Å². The first-order valence-corrected chi connectivity index (χ1v) is 25.5. The van der Waals surface area contributed by atoms with E-state index in [9.17, 15) is 52.7 Å². The second-order valence-corrected chi connectivity index (χ2v) is 35.3. The summed E-state index contributed by atoms with van der Waals surface area (Å²) in [5, 5.41) is 1.15. The lowest BCUT2D eigenvalue weighted by molar-refractivity contribution is 0.378. The van der Waals surface area contributed by atoms with Crippen molar-refractivity contribution in [3.8, 4) is 0 Å². The lowest BCUT2D eigenvalue weighted by atomic mass is 9.12. The molecule has 0 saturated carbocycles. The minimum absolute atomic E-state index is 0.383. The van der Waals surface area contributed by atoms with Crippen molar-refractivity contribution in [1.29, 1.82) is 0 Å². The largest absolute Gasteiger partial charge is 0.239 e. The van der Waals surface area contributed by atoms with E-state index in [1.807, 2.05) is 0 Å². The van der Waals surface area contributed by atoms with E-state index < -0.39 is 159 Å². The van der Waals surface area contributed by atoms with Gasteiger partial charge in [0, 0.05) is 0 Å². The minimum atomic E-state index is -7.22. The lowest BCUT2D eigenvalue weighted by Crippen LogP contribution is -2.81. The van der Waals surface area contributed by atoms with Gasteiger partial charge in [-0.1, -0.05) is 41.5 Å². The van der Waals surface area contributed by atoms with Crippen LogP contribution in [-0.2, 0) is 0 Å². The molecule has 0 aromatic heterocycles. The average molecular weight is 1040 g/mol. The summed E-state index contributed by atoms with van der Waals surface area (Å²) in [6, 6.07) is 0. The fourth-order valence-corrected chi connectivity index (χ4v) is 46.1. The SMILES string of the molecule is CC(C)[Si](C(C)C)(C(C)C)[P+](C(C)(C)C)(C(C)(C)C)C(C)(C)C.Fc1c(F)c(F)c([B-](c2c(F)c(F)c(F)c(F)c2F)(c2c(F)c(F)c(F)c(F)c2F)c2c(F)c(F)c(F)c(F)c2F)c(F)c1F. The Morgan fingerprint density at radius 3 is 0.471 bits per heavy atom. The molecule has 0 aliphatic carbocycles. The Morgan fingerprint density at radius 2 is 0.382 bits per heavy atom. The summed E-state index contributed by atoms with van der Waals surface area (Å²) < 4.78 is 294. The molecule has 0 fully saturated rings. The highest BCUT2D eigenvalue weighted by atomic mass is 31.4. The Balaban J connectivity index is 0.000000451. The Kier molecular flexibility index (Phi) is 16.4. The molecule has 4 aromatic rings. The fourth-order valence-electron chi connectivity index (χ4n) is 12.8. The van der Waals surface area contributed by atoms with Crippen LogP contribution in [0.5, 0.6) is 0 Å². The zero-order valence-electron chi connectivity index (χ0n) is 39.3. The van der Waals surface area contributed by atoms with E-state index in [-0.39, 0.29) is 0 Å². The molecule has 68 heavy (non-hydrogen) atoms. The zero-order chi connectivity index (χ0) is 53.6. The summed E-state index contributed by atoms with van der Waals surface area (Å²) in [5.74, 6) is -71.4. The molecule has 0 spiro atoms. The zero-order valence-corrected chi connectivity index (χ0v) is 41.2. The molecular weight excluding hydrogens is 990 g/mol. The predicted molar refractivity (Wildman–Crippen MR) is 226 cm³/mol. The van der Waals surface area contributed by atoms with Gasteiger partial charge in [0.2, 0.25) is 7.74 Å². The van der Waals surface area contributed by atoms with Crippen molar-refractivity contribution in [1.82, 2.24) is 0 Å². The van der Waals surface area contributed by atoms with Gasteiger partial charge in [0.05, 0.1) is 15.5 Å². The van der Waals surface area contributed by atoms with E-state index in [1.165, 1.54) is 0 Å². The molecule has 0 nitrogen and oxygen atoms in total. The molecule has 4 aromatic carbocycles. The monoisotopic (exact) mass is 1040 g/mol. The van der Waals surface area contributed by atoms with Crippen LogP contribution < -0.4 is 21.9 Å². The molecule has 380 valence electrons. The van der Waals surface area contributed by atoms with Gasteiger partial charge in [-0.25, -0.2) is 87.8 Å². The highest BCUT2D eigenvalue weighted by Gasteiger charge is 2.78. The van der Waals surface area contributed by atoms with Crippen LogP contribution in [-0.4, -0.2) is 29.4 Å². The van der Waals surface area contributed by atoms with Crippen LogP contribution in [0.15, 0.2) is 0 Å². The first kappa shape index (κ1) is 58.5. The van der Waals surface area contributed by atoms with Crippen molar-refractivity contribution in [2.75, 3.05) is 0 Å². The second kappa shape index (κ2) is 19.1. The molecule has 0 unspecified atom stereocenters. The highest BCUT2D eigenvalue weighted by molar-refractivity contribution is 8.11. The first-order chi connectivity index (χ1) is 30.5. The van der Waals surface area contributed by atoms with E-state index in [0.717, 1.165) is 16.6 Å². The van der Waals surface area contributed by atoms with Crippen LogP contribution in [0.4, 0.5) is 87.8 Å². The predicted octanol–water partition coefficient (Wildman–Crippen LogP) is 14.4. The molecule has 0 amide bonds. The van der Waals surface area contributed by atoms with Crippen LogP contribution in [0.3, 0.4) is 0 Å². The van der Waals surface area contributed by atoms with Gasteiger partial charge in [0.15, 0.2) is 69.8 Å². The fraction of sp³-hybridized carbons (Fsp3) is 0.467. The van der Waals surface area contributed by atoms with E-state index in [4.69, 9.17) is 0 Å². The number of hydrogen-bond acceptors (Lipinski definition) is 0. The molecule has 0 atom stereocenters. The molecule has 0 radical (unpaired) electrons. The Morgan fingerprint density at radius 1 is 0.265 bits per heavy atom. The van der Waals surface area contributed by atoms with Gasteiger partial charge in [-0.05, 0) is 85.7 Å². The Bertz CT molecular complexity index is 2190. The summed E-state index contributed by atoms with van der Waals surface area (Å²) in [6.07, 6.45) is -7.22. The van der Waals surface area contributed by atoms with Gasteiger partial charge in [-0.2, -0.15) is 0 Å². The quantitative estimate of drug-likeness (QED) is 0.0542. The van der Waals surface area contributed by atoms with E-state index >= 15 is 35.1 Å². The molecule has 0 N–H and O–H groups in total. The summed E-state index contributed by atoms with van der Waals surface area (Å²) >= 11 is 0. The normalized spacial score (nSPS) is 13.3. The van der Waals surface area contributed by atoms with Crippen molar-refractivity contribution >= 4 is 42.5 Å². The minimum Gasteiger partial charge on any atom is -0.207 e. The van der Waals surface area contributed by atoms with E-state index in [1.54, 1.807) is 0 Å². The summed E-state index contributed by atoms with van der Waals surface area (Å²) in [5.41, 5.74) is -11.8. The van der Waals surface area contributed by atoms with Crippen molar-refractivity contribution in [2.24, 2.45) is 0 Å². The first-order valence-electron chi connectivity index (χ1n) is 20.7. The maximum Gasteiger partial charge on any atom is 0.239 e. The van der Waals surface area contributed by atoms with Crippen LogP contribution in [0.25, 0.3) is 0 Å². The van der Waals surface area contributed by atoms with Gasteiger partial charge in [-0.15, -0.1) is 21.9 Å². The third-order valence-electron chi connectivity index (χ3n) is 13.1. The lowest BCUT2D eigenvalue weighted by Gasteiger charge is -2.66. The summed E-state index contributed by atoms with van der Waals surface area (Å²) in [4.78, 5) is 0. The van der Waals surface area contributed by atoms with Gasteiger partial charge >= 0.3 is 0 Å². The average Bonchev–Trinajstić information content (AvgIpc) is 3.20. The van der Waals surface area contributed by atoms with E-state index in [2.05, 4.69) is 104 Å². The van der Waals surface area contributed by atoms with Crippen LogP contribution >= 0.6 is 6.81 Å². The third kappa shape index (κ3) is 8.04. The Hall–Kier alpha value is -3.81. The smallest absolute Gasteiger partial charge is 0.207 e. The topological polar surface area (TPSA) is 0 Å². The van der Waals surface area contributed by atoms with Crippen LogP contribution in [0.2, 0.25) is 16.6 Å². The van der Waals surface area contributed by atoms with E-state index in [0.29, 0.717) is 15.5 Å². The third-order valence-corrected chi connectivity index (χ3v) is 40.0. The molecule has 4 rings (SSSR count). The van der Waals surface area contributed by atoms with Gasteiger partial charge < -0.3 is 0 Å². The molecule has 0 heterocycles. The molecule has 0 saturated heterocycles. The van der Waals surface area contributed by atoms with Crippen LogP contribution in [0, 0.1) is 116 Å². The van der Waals surface area contributed by atoms with Crippen molar-refractivity contribution in [3.05, 3.63) is 116 Å². The van der Waals surface area contributed by atoms with Crippen molar-refractivity contribution < 1.29 is 87.8 Å². The van der Waals surface area contributed by atoms with Gasteiger partial charge in [0.1, 0.15) is 52.7 Å². The van der Waals surface area contributed by atoms with Crippen LogP contribution in [0.1, 0.15) is 104 Å². The molecule has 0 aliphatic heterocycles. The number of rotatable bonds is 8. The number of halogens is 20. The summed E-state index contributed by atoms with van der Waals surface area (Å²) in [6.45, 7) is 37.2. The molecule has 0 aliphatic rings. The maximum atomic E-state index is 15.4. The maximum absolute atomic E-state index is 15.4. The van der Waals surface area contributed by atoms with Crippen molar-refractivity contribution in [2.45, 2.75) is 136 Å². The second-order valence-electron chi connectivity index (χ2n) is 20.3. The molecular formula is C45H48BF20PSi. The highest BCUT2D eigenvalue weighted by Crippen LogP contribution is 2.92. The van der Waals surface area contributed by atoms with Crippen molar-refractivity contribution in [3.63, 3.8) is 0 Å².